The maximum atomic E-state index is 6.09. The third kappa shape index (κ3) is 2.95. The first-order valence-corrected chi connectivity index (χ1v) is 8.15. The van der Waals surface area contributed by atoms with Crippen LogP contribution in [-0.2, 0) is 0 Å². The number of nitrogens with two attached hydrogens (primary N) is 1. The van der Waals surface area contributed by atoms with E-state index >= 15 is 0 Å². The molecular weight excluding hydrogens is 240 g/mol. The molecule has 0 spiro atoms. The molecule has 18 heavy (non-hydrogen) atoms. The first-order chi connectivity index (χ1) is 8.77. The molecular formula is C15H26N2S. The second-order valence-electron chi connectivity index (χ2n) is 5.40. The SMILES string of the molecule is CCCC1CCCCN1C(CN)c1sccc1C. The van der Waals surface area contributed by atoms with Gasteiger partial charge in [-0.2, -0.15) is 0 Å². The van der Waals surface area contributed by atoms with E-state index in [0.29, 0.717) is 6.04 Å². The van der Waals surface area contributed by atoms with Gasteiger partial charge in [0, 0.05) is 17.5 Å². The van der Waals surface area contributed by atoms with Crippen LogP contribution in [0.2, 0.25) is 0 Å². The number of piperidine rings is 1. The average Bonchev–Trinajstić information content (AvgIpc) is 2.79. The van der Waals surface area contributed by atoms with Crippen molar-refractivity contribution in [3.05, 3.63) is 21.9 Å². The summed E-state index contributed by atoms with van der Waals surface area (Å²) in [6.45, 7) is 6.49. The Morgan fingerprint density at radius 2 is 2.33 bits per heavy atom. The highest BCUT2D eigenvalue weighted by Gasteiger charge is 2.29. The fourth-order valence-electron chi connectivity index (χ4n) is 3.20. The summed E-state index contributed by atoms with van der Waals surface area (Å²) in [6.07, 6.45) is 6.68. The summed E-state index contributed by atoms with van der Waals surface area (Å²) >= 11 is 1.87. The van der Waals surface area contributed by atoms with Gasteiger partial charge in [0.2, 0.25) is 0 Å². The lowest BCUT2D eigenvalue weighted by Gasteiger charge is -2.41. The van der Waals surface area contributed by atoms with Gasteiger partial charge in [0.15, 0.2) is 0 Å². The van der Waals surface area contributed by atoms with Crippen LogP contribution in [0.5, 0.6) is 0 Å². The molecule has 1 aliphatic heterocycles. The lowest BCUT2D eigenvalue weighted by molar-refractivity contribution is 0.0927. The summed E-state index contributed by atoms with van der Waals surface area (Å²) in [4.78, 5) is 4.17. The Bertz CT molecular complexity index is 359. The molecule has 0 amide bonds. The van der Waals surface area contributed by atoms with Crippen molar-refractivity contribution in [3.63, 3.8) is 0 Å². The zero-order chi connectivity index (χ0) is 13.0. The molecule has 102 valence electrons. The first kappa shape index (κ1) is 14.0. The summed E-state index contributed by atoms with van der Waals surface area (Å²) in [5.41, 5.74) is 7.50. The minimum Gasteiger partial charge on any atom is -0.329 e. The van der Waals surface area contributed by atoms with Gasteiger partial charge in [0.05, 0.1) is 6.04 Å². The van der Waals surface area contributed by atoms with E-state index in [0.717, 1.165) is 12.6 Å². The zero-order valence-electron chi connectivity index (χ0n) is 11.7. The molecule has 0 aliphatic carbocycles. The molecule has 2 N–H and O–H groups in total. The fraction of sp³-hybridized carbons (Fsp3) is 0.733. The van der Waals surface area contributed by atoms with Gasteiger partial charge in [-0.1, -0.05) is 19.8 Å². The van der Waals surface area contributed by atoms with Crippen molar-refractivity contribution in [2.45, 2.75) is 58.0 Å². The molecule has 1 saturated heterocycles. The standard InChI is InChI=1S/C15H26N2S/c1-3-6-13-7-4-5-9-17(13)14(11-16)15-12(2)8-10-18-15/h8,10,13-14H,3-7,9,11,16H2,1-2H3. The van der Waals surface area contributed by atoms with Crippen molar-refractivity contribution >= 4 is 11.3 Å². The third-order valence-electron chi connectivity index (χ3n) is 4.12. The molecule has 1 aromatic heterocycles. The van der Waals surface area contributed by atoms with Crippen LogP contribution in [0.25, 0.3) is 0 Å². The van der Waals surface area contributed by atoms with E-state index in [1.54, 1.807) is 0 Å². The lowest BCUT2D eigenvalue weighted by Crippen LogP contribution is -2.44. The third-order valence-corrected chi connectivity index (χ3v) is 5.24. The van der Waals surface area contributed by atoms with Crippen molar-refractivity contribution in [3.8, 4) is 0 Å². The number of hydrogen-bond acceptors (Lipinski definition) is 3. The van der Waals surface area contributed by atoms with Gasteiger partial charge in [-0.15, -0.1) is 11.3 Å². The quantitative estimate of drug-likeness (QED) is 0.880. The Hall–Kier alpha value is -0.380. The summed E-state index contributed by atoms with van der Waals surface area (Å²) in [5.74, 6) is 0. The van der Waals surface area contributed by atoms with E-state index in [4.69, 9.17) is 5.73 Å². The van der Waals surface area contributed by atoms with Crippen molar-refractivity contribution in [1.29, 1.82) is 0 Å². The number of rotatable bonds is 5. The minimum atomic E-state index is 0.446. The molecule has 1 fully saturated rings. The van der Waals surface area contributed by atoms with Crippen molar-refractivity contribution in [2.24, 2.45) is 5.73 Å². The van der Waals surface area contributed by atoms with Gasteiger partial charge >= 0.3 is 0 Å². The van der Waals surface area contributed by atoms with Crippen LogP contribution in [0.15, 0.2) is 11.4 Å². The van der Waals surface area contributed by atoms with E-state index in [1.807, 2.05) is 11.3 Å². The van der Waals surface area contributed by atoms with Crippen LogP contribution in [0, 0.1) is 6.92 Å². The van der Waals surface area contributed by atoms with Crippen molar-refractivity contribution in [2.75, 3.05) is 13.1 Å². The normalized spacial score (nSPS) is 23.2. The van der Waals surface area contributed by atoms with Gasteiger partial charge in [0.1, 0.15) is 0 Å². The Morgan fingerprint density at radius 1 is 1.50 bits per heavy atom. The largest absolute Gasteiger partial charge is 0.329 e. The first-order valence-electron chi connectivity index (χ1n) is 7.27. The molecule has 0 radical (unpaired) electrons. The van der Waals surface area contributed by atoms with E-state index in [1.165, 1.54) is 49.1 Å². The number of likely N-dealkylation sites (tertiary alicyclic amines) is 1. The lowest BCUT2D eigenvalue weighted by atomic mass is 9.95. The summed E-state index contributed by atoms with van der Waals surface area (Å²) in [5, 5.41) is 2.20. The second-order valence-corrected chi connectivity index (χ2v) is 6.34. The second kappa shape index (κ2) is 6.69. The molecule has 2 unspecified atom stereocenters. The maximum Gasteiger partial charge on any atom is 0.0569 e. The molecule has 0 aromatic carbocycles. The highest BCUT2D eigenvalue weighted by atomic mass is 32.1. The Balaban J connectivity index is 2.17. The van der Waals surface area contributed by atoms with Crippen LogP contribution in [0.1, 0.15) is 55.5 Å². The van der Waals surface area contributed by atoms with Crippen LogP contribution >= 0.6 is 11.3 Å². The molecule has 2 atom stereocenters. The maximum absolute atomic E-state index is 6.09. The molecule has 1 aliphatic rings. The molecule has 2 heterocycles. The molecule has 2 rings (SSSR count). The smallest absolute Gasteiger partial charge is 0.0569 e. The van der Waals surface area contributed by atoms with Crippen LogP contribution in [0.3, 0.4) is 0 Å². The van der Waals surface area contributed by atoms with Crippen LogP contribution in [-0.4, -0.2) is 24.0 Å². The number of hydrogen-bond donors (Lipinski definition) is 1. The number of nitrogens with zero attached hydrogens (tertiary/aromatic N) is 1. The molecule has 1 aromatic rings. The summed E-state index contributed by atoms with van der Waals surface area (Å²) in [7, 11) is 0. The fourth-order valence-corrected chi connectivity index (χ4v) is 4.26. The molecule has 0 bridgehead atoms. The molecule has 3 heteroatoms. The van der Waals surface area contributed by atoms with E-state index < -0.39 is 0 Å². The van der Waals surface area contributed by atoms with E-state index in [9.17, 15) is 0 Å². The molecule has 0 saturated carbocycles. The predicted octanol–water partition coefficient (Wildman–Crippen LogP) is 3.71. The van der Waals surface area contributed by atoms with Gasteiger partial charge in [0.25, 0.3) is 0 Å². The van der Waals surface area contributed by atoms with E-state index in [-0.39, 0.29) is 0 Å². The van der Waals surface area contributed by atoms with Crippen molar-refractivity contribution in [1.82, 2.24) is 4.90 Å². The number of thiophene rings is 1. The van der Waals surface area contributed by atoms with Gasteiger partial charge in [-0.3, -0.25) is 4.90 Å². The predicted molar refractivity (Wildman–Crippen MR) is 80.1 cm³/mol. The van der Waals surface area contributed by atoms with Gasteiger partial charge in [-0.25, -0.2) is 0 Å². The molecule has 2 nitrogen and oxygen atoms in total. The monoisotopic (exact) mass is 266 g/mol. The Kier molecular flexibility index (Phi) is 5.22. The topological polar surface area (TPSA) is 29.3 Å². The highest BCUT2D eigenvalue weighted by Crippen LogP contribution is 2.34. The van der Waals surface area contributed by atoms with Gasteiger partial charge in [-0.05, 0) is 49.7 Å². The highest BCUT2D eigenvalue weighted by molar-refractivity contribution is 7.10. The van der Waals surface area contributed by atoms with Crippen LogP contribution < -0.4 is 5.73 Å². The Labute approximate surface area is 115 Å². The summed E-state index contributed by atoms with van der Waals surface area (Å²) in [6, 6.07) is 3.42. The van der Waals surface area contributed by atoms with Gasteiger partial charge < -0.3 is 5.73 Å². The van der Waals surface area contributed by atoms with E-state index in [2.05, 4.69) is 30.2 Å². The zero-order valence-corrected chi connectivity index (χ0v) is 12.5. The summed E-state index contributed by atoms with van der Waals surface area (Å²) < 4.78 is 0. The Morgan fingerprint density at radius 3 is 2.94 bits per heavy atom. The van der Waals surface area contributed by atoms with Crippen molar-refractivity contribution < 1.29 is 0 Å². The number of aryl methyl sites for hydroxylation is 1. The van der Waals surface area contributed by atoms with Crippen LogP contribution in [0.4, 0.5) is 0 Å². The average molecular weight is 266 g/mol. The minimum absolute atomic E-state index is 0.446.